The highest BCUT2D eigenvalue weighted by atomic mass is 16.5. The highest BCUT2D eigenvalue weighted by molar-refractivity contribution is 5.53. The van der Waals surface area contributed by atoms with Gasteiger partial charge in [0.1, 0.15) is 0 Å². The Bertz CT molecular complexity index is 438. The number of allylic oxidation sites excluding steroid dienone is 1. The minimum absolute atomic E-state index is 0.306. The monoisotopic (exact) mass is 248 g/mol. The van der Waals surface area contributed by atoms with Crippen molar-refractivity contribution in [1.82, 2.24) is 0 Å². The molecule has 1 aromatic carbocycles. The second kappa shape index (κ2) is 5.91. The van der Waals surface area contributed by atoms with Gasteiger partial charge in [-0.1, -0.05) is 25.1 Å². The Hall–Kier alpha value is -1.48. The van der Waals surface area contributed by atoms with Gasteiger partial charge in [-0.15, -0.1) is 0 Å². The van der Waals surface area contributed by atoms with Crippen LogP contribution >= 0.6 is 0 Å². The van der Waals surface area contributed by atoms with Gasteiger partial charge in [0.2, 0.25) is 0 Å². The Morgan fingerprint density at radius 1 is 1.39 bits per heavy atom. The molecule has 3 heteroatoms. The normalized spacial score (nSPS) is 20.5. The summed E-state index contributed by atoms with van der Waals surface area (Å²) in [6.45, 7) is 6.07. The third-order valence-corrected chi connectivity index (χ3v) is 3.11. The molecule has 0 radical (unpaired) electrons. The molecular weight excluding hydrogens is 228 g/mol. The van der Waals surface area contributed by atoms with Gasteiger partial charge in [-0.05, 0) is 18.6 Å². The molecule has 0 N–H and O–H groups in total. The Morgan fingerprint density at radius 2 is 2.22 bits per heavy atom. The lowest BCUT2D eigenvalue weighted by Gasteiger charge is -2.22. The van der Waals surface area contributed by atoms with Gasteiger partial charge < -0.3 is 14.2 Å². The summed E-state index contributed by atoms with van der Waals surface area (Å²) in [5.41, 5.74) is 2.35. The second-order valence-corrected chi connectivity index (χ2v) is 4.33. The number of hydrogen-bond donors (Lipinski definition) is 0. The summed E-state index contributed by atoms with van der Waals surface area (Å²) < 4.78 is 16.7. The van der Waals surface area contributed by atoms with Crippen LogP contribution in [0.5, 0.6) is 11.5 Å². The fourth-order valence-corrected chi connectivity index (χ4v) is 2.29. The van der Waals surface area contributed by atoms with Crippen molar-refractivity contribution in [2.75, 3.05) is 20.3 Å². The smallest absolute Gasteiger partial charge is 0.165 e. The van der Waals surface area contributed by atoms with Crippen molar-refractivity contribution >= 4 is 0 Å². The molecule has 0 aromatic heterocycles. The predicted octanol–water partition coefficient (Wildman–Crippen LogP) is 3.28. The first-order valence-electron chi connectivity index (χ1n) is 6.34. The lowest BCUT2D eigenvalue weighted by molar-refractivity contribution is 0.146. The first-order chi connectivity index (χ1) is 8.77. The van der Waals surface area contributed by atoms with E-state index in [2.05, 4.69) is 25.1 Å². The number of methoxy groups -OCH3 is 1. The number of ether oxygens (including phenoxy) is 3. The van der Waals surface area contributed by atoms with E-state index in [1.54, 1.807) is 7.11 Å². The van der Waals surface area contributed by atoms with Crippen molar-refractivity contribution in [3.8, 4) is 11.5 Å². The molecule has 3 nitrogen and oxygen atoms in total. The van der Waals surface area contributed by atoms with E-state index in [0.29, 0.717) is 25.7 Å². The van der Waals surface area contributed by atoms with E-state index in [1.165, 1.54) is 11.1 Å². The van der Waals surface area contributed by atoms with Gasteiger partial charge in [0.25, 0.3) is 0 Å². The van der Waals surface area contributed by atoms with E-state index in [0.717, 1.165) is 11.5 Å². The largest absolute Gasteiger partial charge is 0.493 e. The summed E-state index contributed by atoms with van der Waals surface area (Å²) in [5.74, 6) is 1.94. The van der Waals surface area contributed by atoms with Crippen LogP contribution in [0.1, 0.15) is 30.9 Å². The third kappa shape index (κ3) is 2.51. The van der Waals surface area contributed by atoms with Crippen molar-refractivity contribution in [3.05, 3.63) is 35.4 Å². The second-order valence-electron chi connectivity index (χ2n) is 4.33. The molecule has 0 amide bonds. The maximum Gasteiger partial charge on any atom is 0.165 e. The van der Waals surface area contributed by atoms with Crippen molar-refractivity contribution in [3.63, 3.8) is 0 Å². The number of rotatable bonds is 3. The van der Waals surface area contributed by atoms with Crippen LogP contribution in [0, 0.1) is 0 Å². The van der Waals surface area contributed by atoms with Crippen LogP contribution in [0.4, 0.5) is 0 Å². The van der Waals surface area contributed by atoms with Crippen LogP contribution < -0.4 is 9.47 Å². The van der Waals surface area contributed by atoms with Gasteiger partial charge in [-0.3, -0.25) is 0 Å². The molecular formula is C15H20O3. The minimum atomic E-state index is 0.306. The zero-order valence-electron chi connectivity index (χ0n) is 11.2. The van der Waals surface area contributed by atoms with Crippen molar-refractivity contribution in [2.45, 2.75) is 26.4 Å². The van der Waals surface area contributed by atoms with Gasteiger partial charge in [-0.2, -0.15) is 0 Å². The summed E-state index contributed by atoms with van der Waals surface area (Å²) in [4.78, 5) is 0. The van der Waals surface area contributed by atoms with E-state index in [1.807, 2.05) is 13.0 Å². The summed E-state index contributed by atoms with van der Waals surface area (Å²) in [7, 11) is 1.67. The molecule has 1 aliphatic rings. The predicted molar refractivity (Wildman–Crippen MR) is 71.4 cm³/mol. The fraction of sp³-hybridized carbons (Fsp3) is 0.467. The first kappa shape index (κ1) is 13.0. The van der Waals surface area contributed by atoms with E-state index in [-0.39, 0.29) is 0 Å². The van der Waals surface area contributed by atoms with Gasteiger partial charge in [-0.25, -0.2) is 0 Å². The molecule has 0 bridgehead atoms. The molecule has 0 spiro atoms. The molecule has 98 valence electrons. The molecule has 1 aromatic rings. The lowest BCUT2D eigenvalue weighted by Crippen LogP contribution is -2.08. The number of hydrogen-bond acceptors (Lipinski definition) is 3. The molecule has 1 heterocycles. The Balaban J connectivity index is 2.54. The van der Waals surface area contributed by atoms with Crippen molar-refractivity contribution in [1.29, 1.82) is 0 Å². The maximum absolute atomic E-state index is 5.78. The topological polar surface area (TPSA) is 27.7 Å². The van der Waals surface area contributed by atoms with E-state index in [4.69, 9.17) is 14.2 Å². The molecule has 0 saturated carbocycles. The van der Waals surface area contributed by atoms with Crippen LogP contribution in [0.15, 0.2) is 24.3 Å². The SMILES string of the molecule is CCOc1c(OC)ccc2c1C(C)/C=C\COC2. The van der Waals surface area contributed by atoms with Gasteiger partial charge in [0.15, 0.2) is 11.5 Å². The Labute approximate surface area is 108 Å². The van der Waals surface area contributed by atoms with E-state index in [9.17, 15) is 0 Å². The lowest BCUT2D eigenvalue weighted by atomic mass is 9.93. The van der Waals surface area contributed by atoms with Crippen molar-refractivity contribution < 1.29 is 14.2 Å². The van der Waals surface area contributed by atoms with Gasteiger partial charge >= 0.3 is 0 Å². The molecule has 2 rings (SSSR count). The summed E-state index contributed by atoms with van der Waals surface area (Å²) in [6.07, 6.45) is 4.21. The molecule has 18 heavy (non-hydrogen) atoms. The number of fused-ring (bicyclic) bond motifs is 1. The molecule has 1 unspecified atom stereocenters. The van der Waals surface area contributed by atoms with Gasteiger partial charge in [0.05, 0.1) is 26.9 Å². The van der Waals surface area contributed by atoms with Crippen LogP contribution in [0.25, 0.3) is 0 Å². The van der Waals surface area contributed by atoms with Crippen LogP contribution in [-0.2, 0) is 11.3 Å². The zero-order chi connectivity index (χ0) is 13.0. The summed E-state index contributed by atoms with van der Waals surface area (Å²) >= 11 is 0. The zero-order valence-corrected chi connectivity index (χ0v) is 11.2. The highest BCUT2D eigenvalue weighted by Crippen LogP contribution is 2.39. The van der Waals surface area contributed by atoms with Crippen LogP contribution in [0.2, 0.25) is 0 Å². The fourth-order valence-electron chi connectivity index (χ4n) is 2.29. The van der Waals surface area contributed by atoms with E-state index < -0.39 is 0 Å². The number of benzene rings is 1. The van der Waals surface area contributed by atoms with Crippen LogP contribution in [0.3, 0.4) is 0 Å². The average molecular weight is 248 g/mol. The third-order valence-electron chi connectivity index (χ3n) is 3.11. The molecule has 0 aliphatic carbocycles. The highest BCUT2D eigenvalue weighted by Gasteiger charge is 2.20. The van der Waals surface area contributed by atoms with Crippen LogP contribution in [-0.4, -0.2) is 20.3 Å². The minimum Gasteiger partial charge on any atom is -0.493 e. The molecule has 1 atom stereocenters. The van der Waals surface area contributed by atoms with Gasteiger partial charge in [0, 0.05) is 11.5 Å². The maximum atomic E-state index is 5.78. The summed E-state index contributed by atoms with van der Waals surface area (Å²) in [5, 5.41) is 0. The first-order valence-corrected chi connectivity index (χ1v) is 6.34. The quantitative estimate of drug-likeness (QED) is 0.768. The average Bonchev–Trinajstić information content (AvgIpc) is 2.36. The molecule has 0 saturated heterocycles. The molecule has 0 fully saturated rings. The summed E-state index contributed by atoms with van der Waals surface area (Å²) in [6, 6.07) is 4.01. The van der Waals surface area contributed by atoms with Crippen molar-refractivity contribution in [2.24, 2.45) is 0 Å². The van der Waals surface area contributed by atoms with E-state index >= 15 is 0 Å². The Kier molecular flexibility index (Phi) is 4.26. The Morgan fingerprint density at radius 3 is 2.94 bits per heavy atom. The standard InChI is InChI=1S/C15H20O3/c1-4-18-15-13(16-3)8-7-12-10-17-9-5-6-11(2)14(12)15/h5-8,11H,4,9-10H2,1-3H3/b6-5-. The molecule has 1 aliphatic heterocycles.